The van der Waals surface area contributed by atoms with Crippen LogP contribution in [0, 0.1) is 17.8 Å². The fraction of sp³-hybridized carbons (Fsp3) is 0.917. The van der Waals surface area contributed by atoms with Crippen LogP contribution in [0.5, 0.6) is 0 Å². The third-order valence-corrected chi connectivity index (χ3v) is 3.86. The van der Waals surface area contributed by atoms with E-state index in [0.717, 1.165) is 24.7 Å². The zero-order valence-electron chi connectivity index (χ0n) is 9.76. The van der Waals surface area contributed by atoms with Crippen LogP contribution in [-0.4, -0.2) is 17.8 Å². The number of carbonyl (C=O) groups is 1. The molecule has 1 aliphatic carbocycles. The molecule has 2 unspecified atom stereocenters. The summed E-state index contributed by atoms with van der Waals surface area (Å²) in [4.78, 5) is 11.7. The van der Waals surface area contributed by atoms with E-state index in [0.29, 0.717) is 11.8 Å². The smallest absolute Gasteiger partial charge is 0.223 e. The summed E-state index contributed by atoms with van der Waals surface area (Å²) >= 11 is 3.45. The summed E-state index contributed by atoms with van der Waals surface area (Å²) in [5.74, 6) is 1.78. The Morgan fingerprint density at radius 1 is 1.53 bits per heavy atom. The number of nitrogens with one attached hydrogen (secondary N) is 1. The van der Waals surface area contributed by atoms with E-state index < -0.39 is 0 Å². The van der Waals surface area contributed by atoms with Crippen LogP contribution in [-0.2, 0) is 4.79 Å². The van der Waals surface area contributed by atoms with Crippen LogP contribution < -0.4 is 5.32 Å². The summed E-state index contributed by atoms with van der Waals surface area (Å²) in [7, 11) is 0. The van der Waals surface area contributed by atoms with Crippen molar-refractivity contribution in [3.63, 3.8) is 0 Å². The molecular formula is C12H22BrNO. The highest BCUT2D eigenvalue weighted by atomic mass is 79.9. The fourth-order valence-corrected chi connectivity index (χ4v) is 2.47. The zero-order chi connectivity index (χ0) is 11.3. The second kappa shape index (κ2) is 6.51. The topological polar surface area (TPSA) is 29.1 Å². The van der Waals surface area contributed by atoms with Gasteiger partial charge in [0, 0.05) is 17.8 Å². The van der Waals surface area contributed by atoms with E-state index in [1.165, 1.54) is 12.8 Å². The molecule has 1 N–H and O–H groups in total. The lowest BCUT2D eigenvalue weighted by molar-refractivity contribution is -0.125. The average Bonchev–Trinajstić information content (AvgIpc) is 3.06. The molecule has 2 nitrogen and oxygen atoms in total. The minimum atomic E-state index is 0.228. The largest absolute Gasteiger partial charge is 0.356 e. The van der Waals surface area contributed by atoms with Gasteiger partial charge < -0.3 is 5.32 Å². The fourth-order valence-electron chi connectivity index (χ4n) is 1.82. The Bertz CT molecular complexity index is 204. The maximum atomic E-state index is 11.7. The quantitative estimate of drug-likeness (QED) is 0.712. The van der Waals surface area contributed by atoms with E-state index in [2.05, 4.69) is 35.1 Å². The van der Waals surface area contributed by atoms with Crippen LogP contribution in [0.1, 0.15) is 39.5 Å². The highest BCUT2D eigenvalue weighted by Crippen LogP contribution is 2.36. The molecule has 1 amide bonds. The van der Waals surface area contributed by atoms with Crippen LogP contribution in [0.2, 0.25) is 0 Å². The van der Waals surface area contributed by atoms with Crippen molar-refractivity contribution in [3.8, 4) is 0 Å². The summed E-state index contributed by atoms with van der Waals surface area (Å²) in [6, 6.07) is 0. The second-order valence-corrected chi connectivity index (χ2v) is 5.42. The molecule has 0 aromatic heterocycles. The zero-order valence-corrected chi connectivity index (χ0v) is 11.3. The summed E-state index contributed by atoms with van der Waals surface area (Å²) in [5, 5.41) is 4.11. The lowest BCUT2D eigenvalue weighted by Crippen LogP contribution is -2.34. The number of halogens is 1. The van der Waals surface area contributed by atoms with E-state index in [-0.39, 0.29) is 11.8 Å². The number of hydrogen-bond acceptors (Lipinski definition) is 1. The van der Waals surface area contributed by atoms with Crippen molar-refractivity contribution in [2.75, 3.05) is 11.9 Å². The molecule has 0 heterocycles. The van der Waals surface area contributed by atoms with Crippen molar-refractivity contribution in [1.82, 2.24) is 5.32 Å². The van der Waals surface area contributed by atoms with Gasteiger partial charge in [0.25, 0.3) is 0 Å². The van der Waals surface area contributed by atoms with E-state index >= 15 is 0 Å². The number of hydrogen-bond donors (Lipinski definition) is 1. The number of amides is 1. The highest BCUT2D eigenvalue weighted by Gasteiger charge is 2.32. The van der Waals surface area contributed by atoms with Gasteiger partial charge in [-0.15, -0.1) is 0 Å². The van der Waals surface area contributed by atoms with Gasteiger partial charge in [-0.25, -0.2) is 0 Å². The number of alkyl halides is 1. The lowest BCUT2D eigenvalue weighted by atomic mass is 10.0. The lowest BCUT2D eigenvalue weighted by Gasteiger charge is -2.16. The summed E-state index contributed by atoms with van der Waals surface area (Å²) in [6.45, 7) is 5.08. The molecule has 0 aliphatic heterocycles. The van der Waals surface area contributed by atoms with Crippen molar-refractivity contribution in [3.05, 3.63) is 0 Å². The normalized spacial score (nSPS) is 19.7. The monoisotopic (exact) mass is 275 g/mol. The first-order valence-electron chi connectivity index (χ1n) is 6.02. The minimum Gasteiger partial charge on any atom is -0.356 e. The molecular weight excluding hydrogens is 254 g/mol. The third kappa shape index (κ3) is 4.54. The molecule has 0 aromatic carbocycles. The van der Waals surface area contributed by atoms with Crippen LogP contribution in [0.4, 0.5) is 0 Å². The van der Waals surface area contributed by atoms with Crippen molar-refractivity contribution >= 4 is 21.8 Å². The first kappa shape index (κ1) is 13.0. The molecule has 1 rings (SSSR count). The molecule has 0 bridgehead atoms. The standard InChI is InChI=1S/C12H22BrNO/c1-3-10(6-7-13)8-14-12(15)9(2)11-4-5-11/h9-11H,3-8H2,1-2H3,(H,14,15). The van der Waals surface area contributed by atoms with Crippen LogP contribution >= 0.6 is 15.9 Å². The van der Waals surface area contributed by atoms with Gasteiger partial charge in [0.2, 0.25) is 5.91 Å². The van der Waals surface area contributed by atoms with E-state index in [9.17, 15) is 4.79 Å². The Kier molecular flexibility index (Phi) is 5.65. The maximum Gasteiger partial charge on any atom is 0.223 e. The van der Waals surface area contributed by atoms with Crippen molar-refractivity contribution in [2.24, 2.45) is 17.8 Å². The van der Waals surface area contributed by atoms with Gasteiger partial charge in [-0.1, -0.05) is 36.2 Å². The second-order valence-electron chi connectivity index (χ2n) is 4.62. The molecule has 3 heteroatoms. The predicted molar refractivity (Wildman–Crippen MR) is 67.1 cm³/mol. The molecule has 0 spiro atoms. The van der Waals surface area contributed by atoms with Crippen molar-refractivity contribution in [1.29, 1.82) is 0 Å². The minimum absolute atomic E-state index is 0.228. The molecule has 0 aromatic rings. The summed E-state index contributed by atoms with van der Waals surface area (Å²) < 4.78 is 0. The molecule has 88 valence electrons. The van der Waals surface area contributed by atoms with Gasteiger partial charge >= 0.3 is 0 Å². The highest BCUT2D eigenvalue weighted by molar-refractivity contribution is 9.09. The molecule has 2 atom stereocenters. The third-order valence-electron chi connectivity index (χ3n) is 3.40. The molecule has 15 heavy (non-hydrogen) atoms. The molecule has 0 saturated heterocycles. The Morgan fingerprint density at radius 3 is 2.67 bits per heavy atom. The van der Waals surface area contributed by atoms with Gasteiger partial charge in [0.1, 0.15) is 0 Å². The van der Waals surface area contributed by atoms with Crippen LogP contribution in [0.15, 0.2) is 0 Å². The van der Waals surface area contributed by atoms with E-state index in [1.54, 1.807) is 0 Å². The molecule has 1 fully saturated rings. The van der Waals surface area contributed by atoms with Crippen molar-refractivity contribution in [2.45, 2.75) is 39.5 Å². The van der Waals surface area contributed by atoms with Crippen molar-refractivity contribution < 1.29 is 4.79 Å². The Labute approximate surface area is 101 Å². The van der Waals surface area contributed by atoms with Gasteiger partial charge in [0.05, 0.1) is 0 Å². The van der Waals surface area contributed by atoms with Gasteiger partial charge in [-0.2, -0.15) is 0 Å². The van der Waals surface area contributed by atoms with E-state index in [4.69, 9.17) is 0 Å². The summed E-state index contributed by atoms with van der Waals surface area (Å²) in [5.41, 5.74) is 0. The van der Waals surface area contributed by atoms with Crippen LogP contribution in [0.25, 0.3) is 0 Å². The van der Waals surface area contributed by atoms with Gasteiger partial charge in [-0.3, -0.25) is 4.79 Å². The average molecular weight is 276 g/mol. The van der Waals surface area contributed by atoms with Crippen LogP contribution in [0.3, 0.4) is 0 Å². The SMILES string of the molecule is CCC(CCBr)CNC(=O)C(C)C1CC1. The number of carbonyl (C=O) groups excluding carboxylic acids is 1. The van der Waals surface area contributed by atoms with E-state index in [1.807, 2.05) is 0 Å². The Morgan fingerprint density at radius 2 is 2.20 bits per heavy atom. The van der Waals surface area contributed by atoms with Gasteiger partial charge in [-0.05, 0) is 31.1 Å². The first-order chi connectivity index (χ1) is 7.19. The molecule has 1 aliphatic rings. The first-order valence-corrected chi connectivity index (χ1v) is 7.14. The Hall–Kier alpha value is -0.0500. The number of rotatable bonds is 7. The summed E-state index contributed by atoms with van der Waals surface area (Å²) in [6.07, 6.45) is 4.78. The Balaban J connectivity index is 2.19. The predicted octanol–water partition coefficient (Wildman–Crippen LogP) is 2.96. The maximum absolute atomic E-state index is 11.7. The van der Waals surface area contributed by atoms with Gasteiger partial charge in [0.15, 0.2) is 0 Å². The molecule has 1 saturated carbocycles. The molecule has 0 radical (unpaired) electrons.